The topological polar surface area (TPSA) is 21.3 Å². The molecule has 0 bridgehead atoms. The largest absolute Gasteiger partial charge is 0.383 e. The van der Waals surface area contributed by atoms with Crippen molar-refractivity contribution in [2.24, 2.45) is 0 Å². The summed E-state index contributed by atoms with van der Waals surface area (Å²) < 4.78 is 4.99. The molecule has 0 atom stereocenters. The van der Waals surface area contributed by atoms with Gasteiger partial charge in [-0.15, -0.1) is 18.3 Å². The van der Waals surface area contributed by atoms with Crippen molar-refractivity contribution in [3.05, 3.63) is 42.5 Å². The van der Waals surface area contributed by atoms with Gasteiger partial charge in [0.25, 0.3) is 0 Å². The number of methoxy groups -OCH3 is 1. The number of benzene rings is 1. The first-order chi connectivity index (χ1) is 8.36. The summed E-state index contributed by atoms with van der Waals surface area (Å²) in [5.41, 5.74) is 1.32. The molecule has 0 aromatic heterocycles. The highest BCUT2D eigenvalue weighted by atomic mass is 32.2. The van der Waals surface area contributed by atoms with Gasteiger partial charge in [0.2, 0.25) is 0 Å². The summed E-state index contributed by atoms with van der Waals surface area (Å²) in [6.07, 6.45) is 3.02. The van der Waals surface area contributed by atoms with Gasteiger partial charge >= 0.3 is 0 Å². The molecule has 0 aliphatic carbocycles. The van der Waals surface area contributed by atoms with Crippen molar-refractivity contribution in [2.45, 2.75) is 17.9 Å². The smallest absolute Gasteiger partial charge is 0.0587 e. The Balaban J connectivity index is 2.34. The summed E-state index contributed by atoms with van der Waals surface area (Å²) in [5, 5.41) is 3.35. The molecule has 0 amide bonds. The fourth-order valence-corrected chi connectivity index (χ4v) is 2.34. The third-order valence-electron chi connectivity index (χ3n) is 2.30. The molecule has 2 nitrogen and oxygen atoms in total. The fraction of sp³-hybridized carbons (Fsp3) is 0.429. The Morgan fingerprint density at radius 1 is 1.47 bits per heavy atom. The molecule has 3 heteroatoms. The van der Waals surface area contributed by atoms with E-state index < -0.39 is 0 Å². The maximum atomic E-state index is 4.99. The van der Waals surface area contributed by atoms with Gasteiger partial charge in [-0.2, -0.15) is 0 Å². The Bertz CT molecular complexity index is 328. The number of ether oxygens (including phenoxy) is 1. The normalized spacial score (nSPS) is 10.4. The second-order valence-electron chi connectivity index (χ2n) is 3.74. The minimum absolute atomic E-state index is 0.758. The lowest BCUT2D eigenvalue weighted by molar-refractivity contribution is 0.199. The van der Waals surface area contributed by atoms with Gasteiger partial charge in [0.05, 0.1) is 6.61 Å². The van der Waals surface area contributed by atoms with E-state index in [1.54, 1.807) is 7.11 Å². The zero-order valence-electron chi connectivity index (χ0n) is 10.4. The van der Waals surface area contributed by atoms with E-state index in [1.807, 2.05) is 17.8 Å². The van der Waals surface area contributed by atoms with E-state index in [1.165, 1.54) is 10.5 Å². The van der Waals surface area contributed by atoms with Crippen LogP contribution in [0.25, 0.3) is 0 Å². The van der Waals surface area contributed by atoms with Crippen molar-refractivity contribution < 1.29 is 4.74 Å². The summed E-state index contributed by atoms with van der Waals surface area (Å²) in [5.74, 6) is 1.10. The average Bonchev–Trinajstić information content (AvgIpc) is 2.36. The second kappa shape index (κ2) is 9.28. The van der Waals surface area contributed by atoms with Crippen LogP contribution in [-0.4, -0.2) is 26.0 Å². The molecule has 1 N–H and O–H groups in total. The van der Waals surface area contributed by atoms with Crippen molar-refractivity contribution in [1.82, 2.24) is 5.32 Å². The minimum Gasteiger partial charge on any atom is -0.383 e. The average molecular weight is 251 g/mol. The highest BCUT2D eigenvalue weighted by Gasteiger charge is 1.96. The van der Waals surface area contributed by atoms with Crippen molar-refractivity contribution in [3.8, 4) is 0 Å². The van der Waals surface area contributed by atoms with Gasteiger partial charge in [-0.25, -0.2) is 0 Å². The summed E-state index contributed by atoms with van der Waals surface area (Å²) in [6, 6.07) is 8.67. The second-order valence-corrected chi connectivity index (χ2v) is 4.91. The van der Waals surface area contributed by atoms with Crippen molar-refractivity contribution >= 4 is 11.8 Å². The SMILES string of the molecule is C=CCCSc1cccc(CNCCOC)c1. The number of hydrogen-bond donors (Lipinski definition) is 1. The zero-order chi connectivity index (χ0) is 12.3. The van der Waals surface area contributed by atoms with Crippen LogP contribution in [-0.2, 0) is 11.3 Å². The summed E-state index contributed by atoms with van der Waals surface area (Å²) >= 11 is 1.88. The molecule has 17 heavy (non-hydrogen) atoms. The van der Waals surface area contributed by atoms with E-state index in [2.05, 4.69) is 36.2 Å². The van der Waals surface area contributed by atoms with Crippen LogP contribution >= 0.6 is 11.8 Å². The van der Waals surface area contributed by atoms with Crippen molar-refractivity contribution in [2.75, 3.05) is 26.0 Å². The first-order valence-corrected chi connectivity index (χ1v) is 6.87. The number of rotatable bonds is 9. The Labute approximate surface area is 108 Å². The molecule has 0 unspecified atom stereocenters. The number of allylic oxidation sites excluding steroid dienone is 1. The van der Waals surface area contributed by atoms with Crippen LogP contribution in [0.5, 0.6) is 0 Å². The van der Waals surface area contributed by atoms with Crippen LogP contribution < -0.4 is 5.32 Å². The molecule has 1 aromatic carbocycles. The molecule has 0 saturated carbocycles. The van der Waals surface area contributed by atoms with E-state index in [4.69, 9.17) is 4.74 Å². The van der Waals surface area contributed by atoms with E-state index >= 15 is 0 Å². The van der Waals surface area contributed by atoms with E-state index in [9.17, 15) is 0 Å². The molecule has 0 radical (unpaired) electrons. The molecule has 0 fully saturated rings. The lowest BCUT2D eigenvalue weighted by atomic mass is 10.2. The van der Waals surface area contributed by atoms with Crippen LogP contribution in [0.1, 0.15) is 12.0 Å². The third-order valence-corrected chi connectivity index (χ3v) is 3.33. The summed E-state index contributed by atoms with van der Waals surface area (Å²) in [7, 11) is 1.72. The van der Waals surface area contributed by atoms with Crippen molar-refractivity contribution in [1.29, 1.82) is 0 Å². The predicted molar refractivity (Wildman–Crippen MR) is 75.6 cm³/mol. The molecule has 0 aliphatic rings. The monoisotopic (exact) mass is 251 g/mol. The Morgan fingerprint density at radius 3 is 3.12 bits per heavy atom. The maximum Gasteiger partial charge on any atom is 0.0587 e. The van der Waals surface area contributed by atoms with Gasteiger partial charge in [0, 0.05) is 30.8 Å². The Kier molecular flexibility index (Phi) is 7.80. The molecule has 1 rings (SSSR count). The molecule has 0 aliphatic heterocycles. The van der Waals surface area contributed by atoms with Gasteiger partial charge in [0.1, 0.15) is 0 Å². The fourth-order valence-electron chi connectivity index (χ4n) is 1.41. The van der Waals surface area contributed by atoms with Crippen molar-refractivity contribution in [3.63, 3.8) is 0 Å². The minimum atomic E-state index is 0.758. The zero-order valence-corrected chi connectivity index (χ0v) is 11.3. The predicted octanol–water partition coefficient (Wildman–Crippen LogP) is 3.09. The standard InChI is InChI=1S/C14H21NOS/c1-3-4-10-17-14-7-5-6-13(11-14)12-15-8-9-16-2/h3,5-7,11,15H,1,4,8-10,12H2,2H3. The van der Waals surface area contributed by atoms with E-state index in [0.717, 1.165) is 31.9 Å². The lowest BCUT2D eigenvalue weighted by Gasteiger charge is -2.06. The Hall–Kier alpha value is -0.770. The molecule has 0 saturated heterocycles. The molecule has 0 heterocycles. The molecule has 0 spiro atoms. The van der Waals surface area contributed by atoms with E-state index in [0.29, 0.717) is 0 Å². The lowest BCUT2D eigenvalue weighted by Crippen LogP contribution is -2.18. The Morgan fingerprint density at radius 2 is 2.35 bits per heavy atom. The van der Waals surface area contributed by atoms with Crippen LogP contribution in [0.3, 0.4) is 0 Å². The summed E-state index contributed by atoms with van der Waals surface area (Å²) in [4.78, 5) is 1.33. The quantitative estimate of drug-likeness (QED) is 0.414. The van der Waals surface area contributed by atoms with Gasteiger partial charge in [-0.3, -0.25) is 0 Å². The first-order valence-electron chi connectivity index (χ1n) is 5.89. The van der Waals surface area contributed by atoms with Gasteiger partial charge in [-0.1, -0.05) is 18.2 Å². The number of thioether (sulfide) groups is 1. The van der Waals surface area contributed by atoms with Gasteiger partial charge in [0.15, 0.2) is 0 Å². The summed E-state index contributed by atoms with van der Waals surface area (Å²) in [6.45, 7) is 6.29. The van der Waals surface area contributed by atoms with Crippen LogP contribution in [0, 0.1) is 0 Å². The van der Waals surface area contributed by atoms with E-state index in [-0.39, 0.29) is 0 Å². The van der Waals surface area contributed by atoms with Crippen LogP contribution in [0.2, 0.25) is 0 Å². The maximum absolute atomic E-state index is 4.99. The highest BCUT2D eigenvalue weighted by molar-refractivity contribution is 7.99. The molecule has 94 valence electrons. The highest BCUT2D eigenvalue weighted by Crippen LogP contribution is 2.19. The van der Waals surface area contributed by atoms with Crippen LogP contribution in [0.15, 0.2) is 41.8 Å². The number of hydrogen-bond acceptors (Lipinski definition) is 3. The molecular formula is C14H21NOS. The first kappa shape index (κ1) is 14.3. The molecule has 1 aromatic rings. The molecular weight excluding hydrogens is 230 g/mol. The number of nitrogens with one attached hydrogen (secondary N) is 1. The van der Waals surface area contributed by atoms with Gasteiger partial charge < -0.3 is 10.1 Å². The third kappa shape index (κ3) is 6.51. The van der Waals surface area contributed by atoms with Crippen LogP contribution in [0.4, 0.5) is 0 Å². The van der Waals surface area contributed by atoms with Gasteiger partial charge in [-0.05, 0) is 24.1 Å².